The van der Waals surface area contributed by atoms with Crippen molar-refractivity contribution >= 4 is 36.8 Å². The molecule has 0 spiro atoms. The highest BCUT2D eigenvalue weighted by atomic mass is 32.2. The van der Waals surface area contributed by atoms with E-state index in [2.05, 4.69) is 9.71 Å². The van der Waals surface area contributed by atoms with E-state index in [1.54, 1.807) is 44.2 Å². The van der Waals surface area contributed by atoms with Crippen molar-refractivity contribution < 1.29 is 30.4 Å². The lowest BCUT2D eigenvalue weighted by Crippen LogP contribution is -2.40. The van der Waals surface area contributed by atoms with Crippen LogP contribution in [0.25, 0.3) is 22.2 Å². The molecule has 230 valence electrons. The summed E-state index contributed by atoms with van der Waals surface area (Å²) in [4.78, 5) is 4.43. The number of rotatable bonds is 9. The van der Waals surface area contributed by atoms with E-state index in [4.69, 9.17) is 4.74 Å². The first-order valence-corrected chi connectivity index (χ1v) is 17.3. The Balaban J connectivity index is 1.56. The highest BCUT2D eigenvalue weighted by molar-refractivity contribution is 7.92. The van der Waals surface area contributed by atoms with Gasteiger partial charge in [-0.1, -0.05) is 23.8 Å². The van der Waals surface area contributed by atoms with Crippen LogP contribution in [0.15, 0.2) is 78.7 Å². The van der Waals surface area contributed by atoms with E-state index in [1.165, 1.54) is 29.4 Å². The van der Waals surface area contributed by atoms with E-state index >= 15 is 0 Å². The zero-order valence-electron chi connectivity index (χ0n) is 24.3. The minimum atomic E-state index is -3.98. The molecular formula is C32H31F2N3O5S2. The van der Waals surface area contributed by atoms with E-state index in [9.17, 15) is 25.6 Å². The molecule has 1 unspecified atom stereocenters. The maximum absolute atomic E-state index is 14.8. The van der Waals surface area contributed by atoms with Crippen molar-refractivity contribution in [1.82, 2.24) is 8.96 Å². The molecule has 12 heteroatoms. The molecule has 2 aliphatic carbocycles. The third-order valence-corrected chi connectivity index (χ3v) is 12.2. The van der Waals surface area contributed by atoms with E-state index in [1.807, 2.05) is 12.2 Å². The van der Waals surface area contributed by atoms with E-state index < -0.39 is 36.4 Å². The molecular weight excluding hydrogens is 608 g/mol. The topological polar surface area (TPSA) is 107 Å². The largest absolute Gasteiger partial charge is 0.454 e. The lowest BCUT2D eigenvalue weighted by Gasteiger charge is -2.31. The summed E-state index contributed by atoms with van der Waals surface area (Å²) in [5.41, 5.74) is 2.77. The number of pyridine rings is 1. The summed E-state index contributed by atoms with van der Waals surface area (Å²) in [7, 11) is -7.64. The van der Waals surface area contributed by atoms with Gasteiger partial charge in [-0.2, -0.15) is 0 Å². The van der Waals surface area contributed by atoms with Gasteiger partial charge in [-0.25, -0.2) is 34.6 Å². The number of sulfonamides is 1. The number of allylic oxidation sites excluding steroid dienone is 3. The Kier molecular flexibility index (Phi) is 7.40. The Morgan fingerprint density at radius 2 is 1.82 bits per heavy atom. The van der Waals surface area contributed by atoms with Crippen LogP contribution in [0.3, 0.4) is 0 Å². The number of nitrogens with zero attached hydrogens (tertiary/aromatic N) is 2. The monoisotopic (exact) mass is 639 g/mol. The van der Waals surface area contributed by atoms with Gasteiger partial charge in [0.1, 0.15) is 16.3 Å². The van der Waals surface area contributed by atoms with Crippen LogP contribution in [0.5, 0.6) is 11.5 Å². The first-order valence-electron chi connectivity index (χ1n) is 14.2. The van der Waals surface area contributed by atoms with Crippen molar-refractivity contribution in [3.8, 4) is 22.6 Å². The van der Waals surface area contributed by atoms with Gasteiger partial charge in [0.15, 0.2) is 17.2 Å². The van der Waals surface area contributed by atoms with Crippen molar-refractivity contribution in [2.75, 3.05) is 10.5 Å². The molecule has 1 N–H and O–H groups in total. The van der Waals surface area contributed by atoms with Crippen molar-refractivity contribution in [1.29, 1.82) is 0 Å². The van der Waals surface area contributed by atoms with E-state index in [-0.39, 0.29) is 28.8 Å². The molecule has 0 radical (unpaired) electrons. The zero-order chi connectivity index (χ0) is 31.4. The summed E-state index contributed by atoms with van der Waals surface area (Å²) >= 11 is 0. The Morgan fingerprint density at radius 1 is 1.05 bits per heavy atom. The molecule has 2 aromatic carbocycles. The Morgan fingerprint density at radius 3 is 2.50 bits per heavy atom. The van der Waals surface area contributed by atoms with Crippen LogP contribution in [0.1, 0.15) is 51.5 Å². The second-order valence-electron chi connectivity index (χ2n) is 11.3. The Labute approximate surface area is 255 Å². The van der Waals surface area contributed by atoms with Crippen molar-refractivity contribution in [3.05, 3.63) is 95.9 Å². The van der Waals surface area contributed by atoms with Crippen molar-refractivity contribution in [2.45, 2.75) is 50.7 Å². The van der Waals surface area contributed by atoms with Gasteiger partial charge in [0.05, 0.1) is 11.4 Å². The second-order valence-corrected chi connectivity index (χ2v) is 15.6. The zero-order valence-corrected chi connectivity index (χ0v) is 26.0. The summed E-state index contributed by atoms with van der Waals surface area (Å²) in [6, 6.07) is 9.56. The molecule has 0 bridgehead atoms. The number of benzene rings is 2. The van der Waals surface area contributed by atoms with Gasteiger partial charge in [0.2, 0.25) is 20.0 Å². The van der Waals surface area contributed by atoms with Crippen LogP contribution in [-0.4, -0.2) is 36.3 Å². The SMILES string of the molecule is CCS(=O)(=O)Nc1cc(-c2ccnc3c2ccn3S(=O)(=O)C2(C)CC=CC=C2C)c(Oc2ccc(F)cc2F)cc1C1CC1. The molecule has 8 nitrogen and oxygen atoms in total. The predicted molar refractivity (Wildman–Crippen MR) is 167 cm³/mol. The van der Waals surface area contributed by atoms with Crippen molar-refractivity contribution in [2.24, 2.45) is 0 Å². The first-order chi connectivity index (χ1) is 20.8. The van der Waals surface area contributed by atoms with Gasteiger partial charge in [-0.3, -0.25) is 4.72 Å². The van der Waals surface area contributed by atoms with Gasteiger partial charge in [0.25, 0.3) is 0 Å². The fourth-order valence-electron chi connectivity index (χ4n) is 5.44. The highest BCUT2D eigenvalue weighted by Gasteiger charge is 2.42. The van der Waals surface area contributed by atoms with Crippen LogP contribution in [0, 0.1) is 11.6 Å². The quantitative estimate of drug-likeness (QED) is 0.207. The van der Waals surface area contributed by atoms with Crippen LogP contribution in [-0.2, 0) is 20.0 Å². The molecule has 2 aromatic heterocycles. The smallest absolute Gasteiger partial charge is 0.249 e. The molecule has 2 heterocycles. The number of anilines is 1. The number of aromatic nitrogens is 2. The van der Waals surface area contributed by atoms with Gasteiger partial charge < -0.3 is 4.74 Å². The molecule has 0 aliphatic heterocycles. The number of nitrogens with one attached hydrogen (secondary N) is 1. The Bertz CT molecular complexity index is 2080. The average Bonchev–Trinajstić information content (AvgIpc) is 3.73. The summed E-state index contributed by atoms with van der Waals surface area (Å²) in [6.45, 7) is 4.99. The normalized spacial score (nSPS) is 18.8. The van der Waals surface area contributed by atoms with E-state index in [0.29, 0.717) is 45.8 Å². The van der Waals surface area contributed by atoms with Crippen LogP contribution < -0.4 is 9.46 Å². The fourth-order valence-corrected chi connectivity index (χ4v) is 7.91. The van der Waals surface area contributed by atoms with E-state index in [0.717, 1.165) is 18.9 Å². The maximum Gasteiger partial charge on any atom is 0.249 e. The lowest BCUT2D eigenvalue weighted by molar-refractivity contribution is 0.438. The predicted octanol–water partition coefficient (Wildman–Crippen LogP) is 7.26. The number of fused-ring (bicyclic) bond motifs is 1. The number of halogens is 2. The van der Waals surface area contributed by atoms with Crippen LogP contribution in [0.2, 0.25) is 0 Å². The number of hydrogen-bond donors (Lipinski definition) is 1. The molecule has 2 aliphatic rings. The highest BCUT2D eigenvalue weighted by Crippen LogP contribution is 2.49. The fraction of sp³-hybridized carbons (Fsp3) is 0.281. The van der Waals surface area contributed by atoms with Gasteiger partial charge in [-0.05, 0) is 93.5 Å². The summed E-state index contributed by atoms with van der Waals surface area (Å²) in [5.74, 6) is -1.76. The van der Waals surface area contributed by atoms with Crippen LogP contribution in [0.4, 0.5) is 14.5 Å². The van der Waals surface area contributed by atoms with Crippen molar-refractivity contribution in [3.63, 3.8) is 0 Å². The van der Waals surface area contributed by atoms with Crippen LogP contribution >= 0.6 is 0 Å². The molecule has 1 atom stereocenters. The standard InChI is InChI=1S/C32H31F2N3O5S2/c1-4-43(38,39)36-28-18-26(30(19-25(28)21-8-9-21)42-29-11-10-22(33)17-27(29)34)23-12-15-35-31-24(23)13-16-37(31)44(40,41)32(3)14-6-5-7-20(32)2/h5-7,10-13,15-19,21,36H,4,8-9,14H2,1-3H3. The van der Waals surface area contributed by atoms with Gasteiger partial charge in [-0.15, -0.1) is 0 Å². The molecule has 6 rings (SSSR count). The van der Waals surface area contributed by atoms with Gasteiger partial charge in [0, 0.05) is 29.4 Å². The number of hydrogen-bond acceptors (Lipinski definition) is 6. The molecule has 4 aromatic rings. The summed E-state index contributed by atoms with van der Waals surface area (Å²) in [5, 5.41) is 0.459. The minimum Gasteiger partial charge on any atom is -0.454 e. The Hall–Kier alpha value is -4.03. The molecule has 0 saturated heterocycles. The summed E-state index contributed by atoms with van der Waals surface area (Å²) in [6.07, 6.45) is 10.3. The first kappa shape index (κ1) is 30.0. The number of ether oxygens (including phenoxy) is 1. The third kappa shape index (κ3) is 5.19. The molecule has 1 saturated carbocycles. The third-order valence-electron chi connectivity index (χ3n) is 8.42. The maximum atomic E-state index is 14.8. The second kappa shape index (κ2) is 10.8. The van der Waals surface area contributed by atoms with Gasteiger partial charge >= 0.3 is 0 Å². The molecule has 1 fully saturated rings. The minimum absolute atomic E-state index is 0.0734. The lowest BCUT2D eigenvalue weighted by atomic mass is 9.94. The molecule has 0 amide bonds. The average molecular weight is 640 g/mol. The molecule has 44 heavy (non-hydrogen) atoms. The summed E-state index contributed by atoms with van der Waals surface area (Å²) < 4.78 is 90.6.